The van der Waals surface area contributed by atoms with Gasteiger partial charge in [0.25, 0.3) is 10.1 Å². The molecule has 20 heavy (non-hydrogen) atoms. The Hall–Kier alpha value is -0.930. The van der Waals surface area contributed by atoms with Crippen molar-refractivity contribution in [3.05, 3.63) is 29.3 Å². The van der Waals surface area contributed by atoms with Crippen LogP contribution in [0, 0.1) is 0 Å². The van der Waals surface area contributed by atoms with Crippen LogP contribution in [0.25, 0.3) is 0 Å². The fraction of sp³-hybridized carbons (Fsp3) is 0.273. The minimum atomic E-state index is -4.16. The molecule has 9 heteroatoms. The maximum absolute atomic E-state index is 11.7. The molecule has 0 atom stereocenters. The van der Waals surface area contributed by atoms with Crippen molar-refractivity contribution in [1.29, 1.82) is 0 Å². The Morgan fingerprint density at radius 2 is 1.60 bits per heavy atom. The molecular weight excluding hydrogens is 299 g/mol. The van der Waals surface area contributed by atoms with E-state index >= 15 is 0 Å². The summed E-state index contributed by atoms with van der Waals surface area (Å²) in [4.78, 5) is 21.2. The van der Waals surface area contributed by atoms with E-state index in [9.17, 15) is 18.0 Å². The zero-order valence-electron chi connectivity index (χ0n) is 12.0. The largest absolute Gasteiger partial charge is 1.00 e. The zero-order valence-corrected chi connectivity index (χ0v) is 13.8. The first-order chi connectivity index (χ1) is 8.77. The van der Waals surface area contributed by atoms with Crippen molar-refractivity contribution in [3.63, 3.8) is 0 Å². The van der Waals surface area contributed by atoms with Gasteiger partial charge in [0, 0.05) is 0 Å². The molecule has 0 fully saturated rings. The predicted octanol–water partition coefficient (Wildman–Crippen LogP) is -1.69. The van der Waals surface area contributed by atoms with Crippen molar-refractivity contribution < 1.29 is 63.4 Å². The van der Waals surface area contributed by atoms with Crippen molar-refractivity contribution in [2.45, 2.75) is 18.2 Å². The number of carboxylic acids is 2. The van der Waals surface area contributed by atoms with Gasteiger partial charge in [0.15, 0.2) is 0 Å². The molecule has 0 aliphatic carbocycles. The van der Waals surface area contributed by atoms with Crippen molar-refractivity contribution in [2.75, 3.05) is 6.61 Å². The third-order valence-corrected chi connectivity index (χ3v) is 3.42. The van der Waals surface area contributed by atoms with Gasteiger partial charge in [-0.15, -0.1) is 0 Å². The maximum Gasteiger partial charge on any atom is 1.00 e. The van der Waals surface area contributed by atoms with Gasteiger partial charge < -0.3 is 11.6 Å². The van der Waals surface area contributed by atoms with E-state index in [1.54, 1.807) is 6.92 Å². The van der Waals surface area contributed by atoms with Crippen LogP contribution in [-0.4, -0.2) is 37.2 Å². The van der Waals surface area contributed by atoms with Crippen molar-refractivity contribution in [1.82, 2.24) is 0 Å². The van der Waals surface area contributed by atoms with Crippen LogP contribution in [-0.2, 0) is 14.3 Å². The van der Waals surface area contributed by atoms with Crippen LogP contribution in [0.4, 0.5) is 0 Å². The first-order valence-electron chi connectivity index (χ1n) is 5.29. The van der Waals surface area contributed by atoms with E-state index in [1.165, 1.54) is 0 Å². The number of hydrogen-bond donors (Lipinski definition) is 2. The average Bonchev–Trinajstić information content (AvgIpc) is 2.35. The monoisotopic (exact) mass is 312 g/mol. The fourth-order valence-electron chi connectivity index (χ4n) is 1.25. The molecule has 1 aromatic carbocycles. The van der Waals surface area contributed by atoms with E-state index in [0.717, 1.165) is 18.2 Å². The summed E-state index contributed by atoms with van der Waals surface area (Å²) in [6.45, 7) is 1.63. The van der Waals surface area contributed by atoms with Crippen LogP contribution < -0.4 is 29.6 Å². The Kier molecular flexibility index (Phi) is 7.39. The summed E-state index contributed by atoms with van der Waals surface area (Å²) in [7, 11) is -4.16. The number of benzene rings is 1. The summed E-state index contributed by atoms with van der Waals surface area (Å²) >= 11 is 0. The Balaban J connectivity index is 0. The molecule has 1 aromatic rings. The molecule has 2 N–H and O–H groups in total. The Morgan fingerprint density at radius 1 is 1.15 bits per heavy atom. The smallest absolute Gasteiger partial charge is 1.00 e. The molecule has 0 amide bonds. The maximum atomic E-state index is 11.7. The van der Waals surface area contributed by atoms with Crippen LogP contribution in [0.1, 0.15) is 35.5 Å². The summed E-state index contributed by atoms with van der Waals surface area (Å²) in [5, 5.41) is 17.7. The molecule has 0 aliphatic heterocycles. The molecule has 0 saturated heterocycles. The summed E-state index contributed by atoms with van der Waals surface area (Å²) in [6.07, 6.45) is 0.448. The van der Waals surface area contributed by atoms with Crippen molar-refractivity contribution in [2.24, 2.45) is 0 Å². The van der Waals surface area contributed by atoms with Gasteiger partial charge in [0.1, 0.15) is 0 Å². The van der Waals surface area contributed by atoms with Crippen LogP contribution in [0.2, 0.25) is 0 Å². The predicted molar refractivity (Wildman–Crippen MR) is 64.9 cm³/mol. The second kappa shape index (κ2) is 7.75. The van der Waals surface area contributed by atoms with Gasteiger partial charge in [-0.3, -0.25) is 4.18 Å². The summed E-state index contributed by atoms with van der Waals surface area (Å²) in [5.41, 5.74) is -0.864. The van der Waals surface area contributed by atoms with Crippen molar-refractivity contribution >= 4 is 22.1 Å². The molecular formula is C11H13NaO7S. The van der Waals surface area contributed by atoms with Gasteiger partial charge in [-0.1, -0.05) is 6.92 Å². The molecule has 0 aromatic heterocycles. The molecule has 0 radical (unpaired) electrons. The number of rotatable bonds is 6. The number of hydrogen-bond acceptors (Lipinski definition) is 5. The minimum absolute atomic E-state index is 0. The standard InChI is InChI=1S/C11H12O7S.Na.H/c1-2-3-18-19(16,17)9-5-7(10(12)13)4-8(6-9)11(14)15;;/h4-6H,2-3H2,1H3,(H,12,13)(H,14,15);;/q;+1;-1. The van der Waals surface area contributed by atoms with Crippen molar-refractivity contribution in [3.8, 4) is 0 Å². The number of carboxylic acid groups (broad SMARTS) is 2. The summed E-state index contributed by atoms with van der Waals surface area (Å²) in [6, 6.07) is 2.60. The number of aromatic carboxylic acids is 2. The molecule has 0 heterocycles. The molecule has 106 valence electrons. The third kappa shape index (κ3) is 4.88. The fourth-order valence-corrected chi connectivity index (χ4v) is 2.32. The van der Waals surface area contributed by atoms with Crippen LogP contribution in [0.3, 0.4) is 0 Å². The van der Waals surface area contributed by atoms with Crippen LogP contribution >= 0.6 is 0 Å². The van der Waals surface area contributed by atoms with E-state index in [2.05, 4.69) is 4.18 Å². The zero-order chi connectivity index (χ0) is 14.6. The first-order valence-corrected chi connectivity index (χ1v) is 6.70. The van der Waals surface area contributed by atoms with E-state index < -0.39 is 38.1 Å². The summed E-state index contributed by atoms with van der Waals surface area (Å²) in [5.74, 6) is -2.84. The van der Waals surface area contributed by atoms with E-state index in [0.29, 0.717) is 6.42 Å². The number of carbonyl (C=O) groups is 2. The molecule has 0 spiro atoms. The van der Waals surface area contributed by atoms with Gasteiger partial charge in [-0.25, -0.2) is 9.59 Å². The minimum Gasteiger partial charge on any atom is -1.00 e. The Bertz CT molecular complexity index is 583. The molecule has 0 aliphatic rings. The quantitative estimate of drug-likeness (QED) is 0.475. The molecule has 7 nitrogen and oxygen atoms in total. The average molecular weight is 312 g/mol. The SMILES string of the molecule is CCCOS(=O)(=O)c1cc(C(=O)O)cc(C(=O)O)c1.[H-].[Na+]. The first kappa shape index (κ1) is 19.1. The van der Waals surface area contributed by atoms with E-state index in [-0.39, 0.29) is 37.6 Å². The van der Waals surface area contributed by atoms with Gasteiger partial charge >= 0.3 is 41.5 Å². The van der Waals surface area contributed by atoms with E-state index in [1.807, 2.05) is 0 Å². The molecule has 0 unspecified atom stereocenters. The normalized spacial score (nSPS) is 10.7. The van der Waals surface area contributed by atoms with Gasteiger partial charge in [-0.2, -0.15) is 8.42 Å². The van der Waals surface area contributed by atoms with Gasteiger partial charge in [-0.05, 0) is 24.6 Å². The topological polar surface area (TPSA) is 118 Å². The molecule has 1 rings (SSSR count). The summed E-state index contributed by atoms with van der Waals surface area (Å²) < 4.78 is 28.1. The van der Waals surface area contributed by atoms with E-state index in [4.69, 9.17) is 10.2 Å². The molecule has 0 bridgehead atoms. The Morgan fingerprint density at radius 3 is 1.95 bits per heavy atom. The molecule has 0 saturated carbocycles. The van der Waals surface area contributed by atoms with Gasteiger partial charge in [0.2, 0.25) is 0 Å². The van der Waals surface area contributed by atoms with Crippen LogP contribution in [0.5, 0.6) is 0 Å². The third-order valence-electron chi connectivity index (χ3n) is 2.13. The van der Waals surface area contributed by atoms with Gasteiger partial charge in [0.05, 0.1) is 22.6 Å². The van der Waals surface area contributed by atoms with Crippen LogP contribution in [0.15, 0.2) is 23.1 Å². The Labute approximate surface area is 139 Å². The second-order valence-electron chi connectivity index (χ2n) is 3.63. The second-order valence-corrected chi connectivity index (χ2v) is 5.25.